The van der Waals surface area contributed by atoms with Gasteiger partial charge in [-0.3, -0.25) is 0 Å². The van der Waals surface area contributed by atoms with Crippen molar-refractivity contribution in [3.63, 3.8) is 0 Å². The maximum Gasteiger partial charge on any atom is 0.164 e. The molecule has 0 atom stereocenters. The van der Waals surface area contributed by atoms with Crippen molar-refractivity contribution in [2.24, 2.45) is 0 Å². The average Bonchev–Trinajstić information content (AvgIpc) is 4.08. The standard InChI is InChI=1S/C65H40N6/c1-3-19-47-41(15-1)17-13-25-53(47)64-66-63(67-65(68-64)54-26-14-18-42-16-2-4-20-48(42)54)43-31-33-44(34-32-43)69-61-37-35-45(70-57-27-9-5-21-49(57)50-22-6-10-28-58(50)70)39-55(61)56-40-46(36-38-62(56)69)71-59-29-11-7-23-51(59)52-24-8-12-30-60(52)71/h1-40H. The van der Waals surface area contributed by atoms with Gasteiger partial charge in [-0.05, 0) is 106 Å². The van der Waals surface area contributed by atoms with Gasteiger partial charge in [0.2, 0.25) is 0 Å². The molecule has 0 fully saturated rings. The van der Waals surface area contributed by atoms with Gasteiger partial charge in [0.15, 0.2) is 17.5 Å². The topological polar surface area (TPSA) is 53.5 Å². The van der Waals surface area contributed by atoms with Crippen LogP contribution < -0.4 is 0 Å². The Kier molecular flexibility index (Phi) is 8.56. The van der Waals surface area contributed by atoms with Crippen molar-refractivity contribution < 1.29 is 0 Å². The number of rotatable bonds is 6. The van der Waals surface area contributed by atoms with E-state index in [1.165, 1.54) is 54.4 Å². The lowest BCUT2D eigenvalue weighted by molar-refractivity contribution is 1.08. The number of nitrogens with zero attached hydrogens (tertiary/aromatic N) is 6. The van der Waals surface area contributed by atoms with Crippen LogP contribution in [0.15, 0.2) is 243 Å². The molecule has 0 N–H and O–H groups in total. The molecule has 330 valence electrons. The van der Waals surface area contributed by atoms with E-state index in [2.05, 4.69) is 256 Å². The van der Waals surface area contributed by atoms with E-state index in [1.807, 2.05) is 0 Å². The van der Waals surface area contributed by atoms with E-state index in [0.29, 0.717) is 17.5 Å². The summed E-state index contributed by atoms with van der Waals surface area (Å²) in [6.45, 7) is 0. The predicted octanol–water partition coefficient (Wildman–Crippen LogP) is 16.5. The van der Waals surface area contributed by atoms with Crippen molar-refractivity contribution in [2.45, 2.75) is 0 Å². The third-order valence-electron chi connectivity index (χ3n) is 14.5. The Morgan fingerprint density at radius 3 is 0.986 bits per heavy atom. The molecule has 15 aromatic rings. The number of benzene rings is 11. The quantitative estimate of drug-likeness (QED) is 0.167. The van der Waals surface area contributed by atoms with Crippen LogP contribution in [0.1, 0.15) is 0 Å². The molecular weight excluding hydrogens is 865 g/mol. The highest BCUT2D eigenvalue weighted by molar-refractivity contribution is 6.14. The number of fused-ring (bicyclic) bond motifs is 11. The fourth-order valence-electron chi connectivity index (χ4n) is 11.3. The van der Waals surface area contributed by atoms with E-state index < -0.39 is 0 Å². The van der Waals surface area contributed by atoms with Gasteiger partial charge in [0.1, 0.15) is 0 Å². The molecule has 0 bridgehead atoms. The first kappa shape index (κ1) is 39.4. The zero-order chi connectivity index (χ0) is 46.6. The van der Waals surface area contributed by atoms with Gasteiger partial charge in [-0.15, -0.1) is 0 Å². The second-order valence-corrected chi connectivity index (χ2v) is 18.4. The second-order valence-electron chi connectivity index (χ2n) is 18.4. The Bertz CT molecular complexity index is 4260. The van der Waals surface area contributed by atoms with Crippen LogP contribution in [0.3, 0.4) is 0 Å². The monoisotopic (exact) mass is 904 g/mol. The van der Waals surface area contributed by atoms with E-state index in [4.69, 9.17) is 15.0 Å². The molecule has 6 heteroatoms. The normalized spacial score (nSPS) is 11.9. The van der Waals surface area contributed by atoms with Gasteiger partial charge in [-0.25, -0.2) is 15.0 Å². The van der Waals surface area contributed by atoms with Gasteiger partial charge >= 0.3 is 0 Å². The van der Waals surface area contributed by atoms with Crippen molar-refractivity contribution >= 4 is 87.0 Å². The third-order valence-corrected chi connectivity index (χ3v) is 14.5. The molecular formula is C65H40N6. The number of para-hydroxylation sites is 4. The molecule has 11 aromatic carbocycles. The first-order chi connectivity index (χ1) is 35.2. The number of hydrogen-bond acceptors (Lipinski definition) is 3. The second kappa shape index (κ2) is 15.4. The van der Waals surface area contributed by atoms with Crippen LogP contribution in [0.25, 0.3) is 138 Å². The maximum atomic E-state index is 5.24. The molecule has 4 aromatic heterocycles. The molecule has 0 saturated heterocycles. The smallest absolute Gasteiger partial charge is 0.164 e. The molecule has 71 heavy (non-hydrogen) atoms. The highest BCUT2D eigenvalue weighted by Crippen LogP contribution is 2.40. The molecule has 6 nitrogen and oxygen atoms in total. The summed E-state index contributed by atoms with van der Waals surface area (Å²) in [4.78, 5) is 15.7. The molecule has 0 radical (unpaired) electrons. The fourth-order valence-corrected chi connectivity index (χ4v) is 11.3. The molecule has 0 unspecified atom stereocenters. The summed E-state index contributed by atoms with van der Waals surface area (Å²) in [5.41, 5.74) is 13.1. The highest BCUT2D eigenvalue weighted by Gasteiger charge is 2.21. The Morgan fingerprint density at radius 2 is 0.549 bits per heavy atom. The Morgan fingerprint density at radius 1 is 0.225 bits per heavy atom. The van der Waals surface area contributed by atoms with E-state index in [9.17, 15) is 0 Å². The van der Waals surface area contributed by atoms with Gasteiger partial charge in [0.25, 0.3) is 0 Å². The highest BCUT2D eigenvalue weighted by atomic mass is 15.0. The summed E-state index contributed by atoms with van der Waals surface area (Å²) in [6, 6.07) is 87.0. The summed E-state index contributed by atoms with van der Waals surface area (Å²) < 4.78 is 7.22. The SMILES string of the molecule is c1ccc2c(-c3nc(-c4ccc(-n5c6ccc(-n7c8ccccc8c8ccccc87)cc6c6cc(-n7c8ccccc8c8ccccc87)ccc65)cc4)nc(-c4cccc5ccccc45)n3)cccc2c1. The summed E-state index contributed by atoms with van der Waals surface area (Å²) >= 11 is 0. The first-order valence-corrected chi connectivity index (χ1v) is 24.1. The van der Waals surface area contributed by atoms with Crippen LogP contribution in [-0.2, 0) is 0 Å². The average molecular weight is 905 g/mol. The lowest BCUT2D eigenvalue weighted by Crippen LogP contribution is -2.01. The third kappa shape index (κ3) is 6.05. The number of hydrogen-bond donors (Lipinski definition) is 0. The van der Waals surface area contributed by atoms with Crippen LogP contribution in [0, 0.1) is 0 Å². The molecule has 0 spiro atoms. The molecule has 0 saturated carbocycles. The predicted molar refractivity (Wildman–Crippen MR) is 294 cm³/mol. The minimum atomic E-state index is 0.617. The minimum Gasteiger partial charge on any atom is -0.309 e. The summed E-state index contributed by atoms with van der Waals surface area (Å²) in [7, 11) is 0. The van der Waals surface area contributed by atoms with Gasteiger partial charge < -0.3 is 13.7 Å². The van der Waals surface area contributed by atoms with Crippen LogP contribution in [0.2, 0.25) is 0 Å². The first-order valence-electron chi connectivity index (χ1n) is 24.1. The summed E-state index contributed by atoms with van der Waals surface area (Å²) in [5, 5.41) is 11.8. The molecule has 0 amide bonds. The van der Waals surface area contributed by atoms with Crippen molar-refractivity contribution in [1.82, 2.24) is 28.7 Å². The van der Waals surface area contributed by atoms with Gasteiger partial charge in [-0.1, -0.05) is 158 Å². The van der Waals surface area contributed by atoms with E-state index in [-0.39, 0.29) is 0 Å². The molecule has 0 aliphatic rings. The largest absolute Gasteiger partial charge is 0.309 e. The fraction of sp³-hybridized carbons (Fsp3) is 0. The van der Waals surface area contributed by atoms with Crippen molar-refractivity contribution in [3.8, 4) is 51.2 Å². The molecule has 4 heterocycles. The zero-order valence-electron chi connectivity index (χ0n) is 38.3. The van der Waals surface area contributed by atoms with Crippen LogP contribution in [0.4, 0.5) is 0 Å². The van der Waals surface area contributed by atoms with Crippen LogP contribution >= 0.6 is 0 Å². The van der Waals surface area contributed by atoms with Crippen molar-refractivity contribution in [3.05, 3.63) is 243 Å². The Labute approximate surface area is 407 Å². The maximum absolute atomic E-state index is 5.24. The summed E-state index contributed by atoms with van der Waals surface area (Å²) in [5.74, 6) is 1.89. The van der Waals surface area contributed by atoms with E-state index in [1.54, 1.807) is 0 Å². The van der Waals surface area contributed by atoms with Crippen LogP contribution in [0.5, 0.6) is 0 Å². The van der Waals surface area contributed by atoms with Crippen molar-refractivity contribution in [2.75, 3.05) is 0 Å². The lowest BCUT2D eigenvalue weighted by Gasteiger charge is -2.13. The Hall–Kier alpha value is -9.65. The summed E-state index contributed by atoms with van der Waals surface area (Å²) in [6.07, 6.45) is 0. The van der Waals surface area contributed by atoms with E-state index in [0.717, 1.165) is 66.3 Å². The zero-order valence-corrected chi connectivity index (χ0v) is 38.3. The number of aromatic nitrogens is 6. The van der Waals surface area contributed by atoms with Gasteiger partial charge in [0.05, 0.1) is 33.1 Å². The van der Waals surface area contributed by atoms with E-state index >= 15 is 0 Å². The van der Waals surface area contributed by atoms with Gasteiger partial charge in [0, 0.05) is 66.1 Å². The van der Waals surface area contributed by atoms with Gasteiger partial charge in [-0.2, -0.15) is 0 Å². The molecule has 0 aliphatic heterocycles. The molecule has 0 aliphatic carbocycles. The lowest BCUT2D eigenvalue weighted by atomic mass is 10.0. The Balaban J connectivity index is 0.933. The minimum absolute atomic E-state index is 0.617. The van der Waals surface area contributed by atoms with Crippen LogP contribution in [-0.4, -0.2) is 28.7 Å². The molecule has 15 rings (SSSR count). The van der Waals surface area contributed by atoms with Crippen molar-refractivity contribution in [1.29, 1.82) is 0 Å².